The van der Waals surface area contributed by atoms with Gasteiger partial charge in [-0.2, -0.15) is 13.2 Å². The van der Waals surface area contributed by atoms with E-state index in [-0.39, 0.29) is 36.5 Å². The molecule has 2 aliphatic heterocycles. The van der Waals surface area contributed by atoms with E-state index in [0.29, 0.717) is 13.2 Å². The third-order valence-electron chi connectivity index (χ3n) is 6.71. The van der Waals surface area contributed by atoms with E-state index < -0.39 is 23.3 Å². The van der Waals surface area contributed by atoms with E-state index in [9.17, 15) is 22.8 Å². The number of carbonyl (C=O) groups is 2. The molecule has 5 nitrogen and oxygen atoms in total. The fourth-order valence-corrected chi connectivity index (χ4v) is 4.85. The van der Waals surface area contributed by atoms with E-state index in [1.165, 1.54) is 0 Å². The normalized spacial score (nSPS) is 19.4. The molecule has 186 valence electrons. The number of carbonyl (C=O) groups excluding carboxylic acids is 2. The van der Waals surface area contributed by atoms with Gasteiger partial charge in [0.15, 0.2) is 5.78 Å². The largest absolute Gasteiger partial charge is 0.418 e. The number of hydrogen-bond donors (Lipinski definition) is 1. The Morgan fingerprint density at radius 1 is 0.972 bits per heavy atom. The Morgan fingerprint density at radius 3 is 2.33 bits per heavy atom. The molecule has 0 radical (unpaired) electrons. The molecular formula is C28H25F3N2O3. The number of rotatable bonds is 7. The van der Waals surface area contributed by atoms with Gasteiger partial charge in [0.1, 0.15) is 0 Å². The van der Waals surface area contributed by atoms with Gasteiger partial charge in [-0.1, -0.05) is 60.7 Å². The number of fused-ring (bicyclic) bond motifs is 2. The molecule has 8 heteroatoms. The summed E-state index contributed by atoms with van der Waals surface area (Å²) in [5.41, 5.74) is 1.52. The molecule has 3 aromatic carbocycles. The average molecular weight is 495 g/mol. The lowest BCUT2D eigenvalue weighted by Gasteiger charge is -2.26. The van der Waals surface area contributed by atoms with Crippen LogP contribution < -0.4 is 5.32 Å². The zero-order valence-electron chi connectivity index (χ0n) is 19.4. The van der Waals surface area contributed by atoms with Crippen molar-refractivity contribution in [1.82, 2.24) is 4.90 Å². The summed E-state index contributed by atoms with van der Waals surface area (Å²) < 4.78 is 46.4. The Hall–Kier alpha value is -3.49. The topological polar surface area (TPSA) is 58.6 Å². The van der Waals surface area contributed by atoms with Gasteiger partial charge in [-0.15, -0.1) is 0 Å². The van der Waals surface area contributed by atoms with Crippen molar-refractivity contribution in [2.24, 2.45) is 0 Å². The zero-order chi connectivity index (χ0) is 25.3. The second-order valence-electron chi connectivity index (χ2n) is 9.24. The first-order chi connectivity index (χ1) is 17.3. The minimum absolute atomic E-state index is 0.0201. The van der Waals surface area contributed by atoms with Gasteiger partial charge in [0.05, 0.1) is 30.5 Å². The van der Waals surface area contributed by atoms with Crippen LogP contribution in [0.15, 0.2) is 72.8 Å². The molecule has 2 fully saturated rings. The van der Waals surface area contributed by atoms with Crippen molar-refractivity contribution in [3.63, 3.8) is 0 Å². The van der Waals surface area contributed by atoms with Crippen LogP contribution in [-0.2, 0) is 22.1 Å². The minimum atomic E-state index is -4.67. The molecular weight excluding hydrogens is 469 g/mol. The first-order valence-corrected chi connectivity index (χ1v) is 11.8. The molecule has 36 heavy (non-hydrogen) atoms. The van der Waals surface area contributed by atoms with Crippen molar-refractivity contribution < 1.29 is 27.5 Å². The highest BCUT2D eigenvalue weighted by Crippen LogP contribution is 2.36. The smallest absolute Gasteiger partial charge is 0.375 e. The van der Waals surface area contributed by atoms with Gasteiger partial charge in [-0.3, -0.25) is 14.5 Å². The molecule has 2 saturated heterocycles. The number of likely N-dealkylation sites (tertiary alicyclic amines) is 1. The Labute approximate surface area is 206 Å². The SMILES string of the molecule is O=C(CN1C[C@@H]2C[C@H]1CO2)Nc1cc(C(=O)Cc2ccc(-c3ccccc3)cc2)ccc1C(F)(F)F. The van der Waals surface area contributed by atoms with Crippen LogP contribution in [0, 0.1) is 0 Å². The number of anilines is 1. The zero-order valence-corrected chi connectivity index (χ0v) is 19.4. The molecule has 2 bridgehead atoms. The van der Waals surface area contributed by atoms with Crippen molar-refractivity contribution in [2.75, 3.05) is 25.0 Å². The number of ether oxygens (including phenoxy) is 1. The second-order valence-corrected chi connectivity index (χ2v) is 9.24. The molecule has 3 aromatic rings. The van der Waals surface area contributed by atoms with Crippen LogP contribution in [0.3, 0.4) is 0 Å². The maximum atomic E-state index is 13.6. The average Bonchev–Trinajstić information content (AvgIpc) is 3.48. The summed E-state index contributed by atoms with van der Waals surface area (Å²) in [5, 5.41) is 2.39. The number of amides is 1. The lowest BCUT2D eigenvalue weighted by atomic mass is 9.98. The maximum absolute atomic E-state index is 13.6. The van der Waals surface area contributed by atoms with E-state index in [2.05, 4.69) is 5.32 Å². The van der Waals surface area contributed by atoms with E-state index in [1.54, 1.807) is 0 Å². The van der Waals surface area contributed by atoms with Gasteiger partial charge in [0.2, 0.25) is 5.91 Å². The van der Waals surface area contributed by atoms with Gasteiger partial charge in [-0.25, -0.2) is 0 Å². The number of Topliss-reactive ketones (excluding diaryl/α,β-unsaturated/α-hetero) is 1. The standard InChI is InChI=1S/C28H25F3N2O3/c29-28(30,31)24-11-10-21(13-25(24)32-27(35)16-33-15-23-14-22(33)17-36-23)26(34)12-18-6-8-20(9-7-18)19-4-2-1-3-5-19/h1-11,13,22-23H,12,14-17H2,(H,32,35)/t22-,23-/m0/s1. The molecule has 0 saturated carbocycles. The fourth-order valence-electron chi connectivity index (χ4n) is 4.85. The van der Waals surface area contributed by atoms with Crippen molar-refractivity contribution in [1.29, 1.82) is 0 Å². The van der Waals surface area contributed by atoms with Crippen LogP contribution in [0.1, 0.15) is 27.9 Å². The van der Waals surface area contributed by atoms with Gasteiger partial charge in [0, 0.05) is 24.6 Å². The van der Waals surface area contributed by atoms with E-state index in [0.717, 1.165) is 41.3 Å². The molecule has 5 rings (SSSR count). The van der Waals surface area contributed by atoms with E-state index in [1.807, 2.05) is 59.5 Å². The van der Waals surface area contributed by atoms with Crippen LogP contribution in [0.2, 0.25) is 0 Å². The number of morpholine rings is 1. The van der Waals surface area contributed by atoms with E-state index in [4.69, 9.17) is 4.74 Å². The maximum Gasteiger partial charge on any atom is 0.418 e. The highest BCUT2D eigenvalue weighted by molar-refractivity contribution is 6.00. The summed E-state index contributed by atoms with van der Waals surface area (Å²) in [6.45, 7) is 1.10. The molecule has 2 heterocycles. The second kappa shape index (κ2) is 9.87. The number of nitrogens with zero attached hydrogens (tertiary/aromatic N) is 1. The highest BCUT2D eigenvalue weighted by Gasteiger charge is 2.40. The summed E-state index contributed by atoms with van der Waals surface area (Å²) in [6, 6.07) is 20.5. The summed E-state index contributed by atoms with van der Waals surface area (Å²) in [4.78, 5) is 27.4. The molecule has 1 amide bonds. The number of ketones is 1. The van der Waals surface area contributed by atoms with Gasteiger partial charge >= 0.3 is 6.18 Å². The monoisotopic (exact) mass is 494 g/mol. The molecule has 2 aliphatic rings. The number of hydrogen-bond acceptors (Lipinski definition) is 4. The highest BCUT2D eigenvalue weighted by atomic mass is 19.4. The first kappa shape index (κ1) is 24.2. The van der Waals surface area contributed by atoms with Gasteiger partial charge < -0.3 is 10.1 Å². The molecule has 0 spiro atoms. The molecule has 1 N–H and O–H groups in total. The predicted molar refractivity (Wildman–Crippen MR) is 130 cm³/mol. The summed E-state index contributed by atoms with van der Waals surface area (Å²) in [7, 11) is 0. The van der Waals surface area contributed by atoms with Crippen LogP contribution >= 0.6 is 0 Å². The van der Waals surface area contributed by atoms with Crippen molar-refractivity contribution in [3.8, 4) is 11.1 Å². The fraction of sp³-hybridized carbons (Fsp3) is 0.286. The summed E-state index contributed by atoms with van der Waals surface area (Å²) >= 11 is 0. The lowest BCUT2D eigenvalue weighted by Crippen LogP contribution is -2.42. The number of nitrogens with one attached hydrogen (secondary N) is 1. The predicted octanol–water partition coefficient (Wildman–Crippen LogP) is 5.21. The Morgan fingerprint density at radius 2 is 1.69 bits per heavy atom. The van der Waals surface area contributed by atoms with Crippen LogP contribution in [-0.4, -0.2) is 48.4 Å². The first-order valence-electron chi connectivity index (χ1n) is 11.8. The molecule has 0 unspecified atom stereocenters. The summed E-state index contributed by atoms with van der Waals surface area (Å²) in [5.74, 6) is -0.880. The minimum Gasteiger partial charge on any atom is -0.375 e. The third kappa shape index (κ3) is 5.34. The third-order valence-corrected chi connectivity index (χ3v) is 6.71. The molecule has 2 atom stereocenters. The Balaban J connectivity index is 1.30. The summed E-state index contributed by atoms with van der Waals surface area (Å²) in [6.07, 6.45) is -3.73. The number of halogens is 3. The molecule has 0 aromatic heterocycles. The molecule has 0 aliphatic carbocycles. The number of benzene rings is 3. The van der Waals surface area contributed by atoms with Crippen molar-refractivity contribution >= 4 is 17.4 Å². The number of alkyl halides is 3. The van der Waals surface area contributed by atoms with Crippen molar-refractivity contribution in [2.45, 2.75) is 31.2 Å². The van der Waals surface area contributed by atoms with Crippen molar-refractivity contribution in [3.05, 3.63) is 89.5 Å². The van der Waals surface area contributed by atoms with E-state index >= 15 is 0 Å². The van der Waals surface area contributed by atoms with Gasteiger partial charge in [0.25, 0.3) is 0 Å². The van der Waals surface area contributed by atoms with Gasteiger partial charge in [-0.05, 0) is 35.2 Å². The lowest BCUT2D eigenvalue weighted by molar-refractivity contribution is -0.137. The Kier molecular flexibility index (Phi) is 6.64. The van der Waals surface area contributed by atoms with Crippen LogP contribution in [0.25, 0.3) is 11.1 Å². The quantitative estimate of drug-likeness (QED) is 0.458. The van der Waals surface area contributed by atoms with Crippen LogP contribution in [0.4, 0.5) is 18.9 Å². The van der Waals surface area contributed by atoms with Crippen LogP contribution in [0.5, 0.6) is 0 Å². The Bertz CT molecular complexity index is 1260.